The molecule has 0 unspecified atom stereocenters. The van der Waals surface area contributed by atoms with Crippen molar-refractivity contribution in [3.63, 3.8) is 0 Å². The largest absolute Gasteiger partial charge is 0.417 e. The number of alkyl halides is 3. The van der Waals surface area contributed by atoms with Gasteiger partial charge in [0.1, 0.15) is 0 Å². The van der Waals surface area contributed by atoms with Crippen LogP contribution in [0.2, 0.25) is 0 Å². The maximum atomic E-state index is 13.3. The summed E-state index contributed by atoms with van der Waals surface area (Å²) in [6.07, 6.45) is -1.42. The number of anilines is 1. The molecule has 0 radical (unpaired) electrons. The van der Waals surface area contributed by atoms with Crippen LogP contribution in [0.5, 0.6) is 0 Å². The van der Waals surface area contributed by atoms with Gasteiger partial charge >= 0.3 is 6.18 Å². The number of hydrogen-bond acceptors (Lipinski definition) is 6. The zero-order valence-electron chi connectivity index (χ0n) is 16.2. The minimum atomic E-state index is -4.75. The van der Waals surface area contributed by atoms with Crippen LogP contribution in [0.4, 0.5) is 19.0 Å². The molecule has 4 rings (SSSR count). The molecule has 3 heterocycles. The van der Waals surface area contributed by atoms with Crippen molar-refractivity contribution in [1.29, 1.82) is 0 Å². The molecule has 1 aromatic carbocycles. The summed E-state index contributed by atoms with van der Waals surface area (Å²) in [5, 5.41) is 8.39. The maximum absolute atomic E-state index is 13.3. The lowest BCUT2D eigenvalue weighted by Crippen LogP contribution is -2.49. The Balaban J connectivity index is 1.48. The van der Waals surface area contributed by atoms with E-state index in [2.05, 4.69) is 15.2 Å². The van der Waals surface area contributed by atoms with Crippen molar-refractivity contribution < 1.29 is 21.6 Å². The van der Waals surface area contributed by atoms with Crippen LogP contribution in [0.1, 0.15) is 5.56 Å². The van der Waals surface area contributed by atoms with E-state index < -0.39 is 26.7 Å². The Morgan fingerprint density at radius 1 is 0.871 bits per heavy atom. The fourth-order valence-corrected chi connectivity index (χ4v) is 5.02. The van der Waals surface area contributed by atoms with Gasteiger partial charge < -0.3 is 4.90 Å². The van der Waals surface area contributed by atoms with E-state index in [1.54, 1.807) is 30.6 Å². The lowest BCUT2D eigenvalue weighted by Gasteiger charge is -2.34. The summed E-state index contributed by atoms with van der Waals surface area (Å²) in [4.78, 5) is 5.16. The molecule has 0 N–H and O–H groups in total. The third kappa shape index (κ3) is 4.37. The minimum Gasteiger partial charge on any atom is -0.352 e. The Hall–Kier alpha value is -3.05. The minimum absolute atomic E-state index is 0.0422. The van der Waals surface area contributed by atoms with Gasteiger partial charge in [0.05, 0.1) is 16.2 Å². The molecule has 0 atom stereocenters. The number of halogens is 3. The van der Waals surface area contributed by atoms with Gasteiger partial charge in [-0.15, -0.1) is 10.2 Å². The van der Waals surface area contributed by atoms with Gasteiger partial charge in [0.2, 0.25) is 10.0 Å². The number of hydrogen-bond donors (Lipinski definition) is 0. The van der Waals surface area contributed by atoms with Crippen LogP contribution in [-0.4, -0.2) is 54.1 Å². The second-order valence-corrected chi connectivity index (χ2v) is 8.81. The molecule has 11 heteroatoms. The van der Waals surface area contributed by atoms with Crippen LogP contribution in [0.3, 0.4) is 0 Å². The predicted molar refractivity (Wildman–Crippen MR) is 108 cm³/mol. The predicted octanol–water partition coefficient (Wildman–Crippen LogP) is 3.07. The number of piperazine rings is 1. The van der Waals surface area contributed by atoms with E-state index in [0.29, 0.717) is 11.5 Å². The van der Waals surface area contributed by atoms with Gasteiger partial charge in [0.25, 0.3) is 0 Å². The Labute approximate surface area is 177 Å². The van der Waals surface area contributed by atoms with E-state index in [-0.39, 0.29) is 26.2 Å². The van der Waals surface area contributed by atoms with Crippen molar-refractivity contribution in [1.82, 2.24) is 19.5 Å². The summed E-state index contributed by atoms with van der Waals surface area (Å²) in [6, 6.07) is 11.5. The maximum Gasteiger partial charge on any atom is 0.417 e. The molecule has 1 aliphatic heterocycles. The zero-order valence-corrected chi connectivity index (χ0v) is 17.0. The average molecular weight is 449 g/mol. The van der Waals surface area contributed by atoms with Gasteiger partial charge in [0, 0.05) is 44.1 Å². The third-order valence-electron chi connectivity index (χ3n) is 4.98. The highest BCUT2D eigenvalue weighted by Crippen LogP contribution is 2.35. The zero-order chi connectivity index (χ0) is 22.1. The van der Waals surface area contributed by atoms with Crippen LogP contribution < -0.4 is 4.90 Å². The molecule has 31 heavy (non-hydrogen) atoms. The number of aromatic nitrogens is 3. The molecule has 1 saturated heterocycles. The fraction of sp³-hybridized carbons (Fsp3) is 0.250. The van der Waals surface area contributed by atoms with Crippen molar-refractivity contribution in [2.45, 2.75) is 11.1 Å². The topological polar surface area (TPSA) is 79.3 Å². The van der Waals surface area contributed by atoms with Crippen molar-refractivity contribution >= 4 is 15.8 Å². The number of rotatable bonds is 4. The molecule has 162 valence electrons. The van der Waals surface area contributed by atoms with Crippen molar-refractivity contribution in [2.24, 2.45) is 0 Å². The van der Waals surface area contributed by atoms with Gasteiger partial charge in [0.15, 0.2) is 5.82 Å². The van der Waals surface area contributed by atoms with Gasteiger partial charge in [-0.05, 0) is 36.4 Å². The second kappa shape index (κ2) is 8.23. The molecule has 0 bridgehead atoms. The van der Waals surface area contributed by atoms with E-state index in [4.69, 9.17) is 0 Å². The summed E-state index contributed by atoms with van der Waals surface area (Å²) in [5.41, 5.74) is 0.317. The first-order valence-corrected chi connectivity index (χ1v) is 10.9. The van der Waals surface area contributed by atoms with Gasteiger partial charge in [-0.1, -0.05) is 12.1 Å². The highest BCUT2D eigenvalue weighted by Gasteiger charge is 2.39. The van der Waals surface area contributed by atoms with Gasteiger partial charge in [-0.2, -0.15) is 17.5 Å². The average Bonchev–Trinajstić information content (AvgIpc) is 2.79. The number of pyridine rings is 1. The lowest BCUT2D eigenvalue weighted by atomic mass is 10.2. The van der Waals surface area contributed by atoms with Crippen LogP contribution in [0.15, 0.2) is 65.8 Å². The molecule has 1 aliphatic rings. The molecule has 3 aromatic rings. The molecule has 0 aliphatic carbocycles. The molecular weight excluding hydrogens is 431 g/mol. The summed E-state index contributed by atoms with van der Waals surface area (Å²) >= 11 is 0. The first-order chi connectivity index (χ1) is 14.8. The summed E-state index contributed by atoms with van der Waals surface area (Å²) in [5.74, 6) is 0.570. The second-order valence-electron chi connectivity index (χ2n) is 6.90. The monoisotopic (exact) mass is 449 g/mol. The van der Waals surface area contributed by atoms with E-state index in [0.717, 1.165) is 22.0 Å². The van der Waals surface area contributed by atoms with Crippen LogP contribution in [-0.2, 0) is 16.2 Å². The van der Waals surface area contributed by atoms with Gasteiger partial charge in [-0.3, -0.25) is 4.98 Å². The fourth-order valence-electron chi connectivity index (χ4n) is 3.38. The van der Waals surface area contributed by atoms with E-state index in [1.807, 2.05) is 11.0 Å². The highest BCUT2D eigenvalue weighted by molar-refractivity contribution is 7.89. The third-order valence-corrected chi connectivity index (χ3v) is 6.94. The van der Waals surface area contributed by atoms with Gasteiger partial charge in [-0.25, -0.2) is 8.42 Å². The first kappa shape index (κ1) is 21.2. The Morgan fingerprint density at radius 3 is 2.23 bits per heavy atom. The summed E-state index contributed by atoms with van der Waals surface area (Å²) < 4.78 is 66.6. The number of sulfonamides is 1. The van der Waals surface area contributed by atoms with Crippen LogP contribution >= 0.6 is 0 Å². The lowest BCUT2D eigenvalue weighted by molar-refractivity contribution is -0.139. The molecule has 2 aromatic heterocycles. The molecule has 0 saturated carbocycles. The molecule has 0 spiro atoms. The van der Waals surface area contributed by atoms with Crippen molar-refractivity contribution in [3.8, 4) is 11.3 Å². The van der Waals surface area contributed by atoms with Crippen molar-refractivity contribution in [2.75, 3.05) is 31.1 Å². The molecule has 1 fully saturated rings. The van der Waals surface area contributed by atoms with Crippen LogP contribution in [0.25, 0.3) is 11.3 Å². The SMILES string of the molecule is O=S(=O)(c1ccccc1C(F)(F)F)N1CCN(c2ccc(-c3cccnc3)nn2)CC1. The Bertz CT molecular complexity index is 1150. The Kier molecular flexibility index (Phi) is 5.63. The smallest absolute Gasteiger partial charge is 0.352 e. The highest BCUT2D eigenvalue weighted by atomic mass is 32.2. The van der Waals surface area contributed by atoms with Crippen LogP contribution in [0, 0.1) is 0 Å². The normalized spacial score (nSPS) is 15.8. The molecule has 7 nitrogen and oxygen atoms in total. The summed E-state index contributed by atoms with van der Waals surface area (Å²) in [6.45, 7) is 0.657. The van der Waals surface area contributed by atoms with Crippen molar-refractivity contribution in [3.05, 3.63) is 66.5 Å². The molecule has 0 amide bonds. The Morgan fingerprint density at radius 2 is 1.61 bits per heavy atom. The van der Waals surface area contributed by atoms with E-state index in [9.17, 15) is 21.6 Å². The van der Waals surface area contributed by atoms with E-state index in [1.165, 1.54) is 12.1 Å². The number of benzene rings is 1. The standard InChI is InChI=1S/C20H18F3N5O2S/c21-20(22,23)16-5-1-2-6-18(16)31(29,30)28-12-10-27(11-13-28)19-8-7-17(25-26-19)15-4-3-9-24-14-15/h1-9,14H,10-13H2. The first-order valence-electron chi connectivity index (χ1n) is 9.42. The van der Waals surface area contributed by atoms with E-state index >= 15 is 0 Å². The number of nitrogens with zero attached hydrogens (tertiary/aromatic N) is 5. The summed E-state index contributed by atoms with van der Waals surface area (Å²) in [7, 11) is -4.28. The quantitative estimate of drug-likeness (QED) is 0.609. The molecular formula is C20H18F3N5O2S.